The molecule has 4 heteroatoms. The van der Waals surface area contributed by atoms with Gasteiger partial charge in [0.05, 0.1) is 0 Å². The molecule has 0 aromatic heterocycles. The highest BCUT2D eigenvalue weighted by Gasteiger charge is 2.01. The number of aryl methyl sites for hydroxylation is 1. The number of halogens is 1. The Morgan fingerprint density at radius 2 is 1.83 bits per heavy atom. The molecule has 0 amide bonds. The van der Waals surface area contributed by atoms with Crippen LogP contribution in [-0.4, -0.2) is 4.99 Å². The first-order valence-corrected chi connectivity index (χ1v) is 6.98. The summed E-state index contributed by atoms with van der Waals surface area (Å²) < 4.78 is 1.21. The topological polar surface area (TPSA) is 38.0 Å². The molecule has 0 spiro atoms. The third kappa shape index (κ3) is 3.20. The fourth-order valence-electron chi connectivity index (χ4n) is 1.60. The van der Waals surface area contributed by atoms with Gasteiger partial charge in [-0.25, -0.2) is 0 Å². The van der Waals surface area contributed by atoms with Crippen molar-refractivity contribution < 1.29 is 0 Å². The van der Waals surface area contributed by atoms with E-state index in [0.717, 1.165) is 16.9 Å². The molecule has 0 aliphatic carbocycles. The van der Waals surface area contributed by atoms with Gasteiger partial charge >= 0.3 is 0 Å². The number of rotatable bonds is 3. The fourth-order valence-corrected chi connectivity index (χ4v) is 2.23. The predicted molar refractivity (Wildman–Crippen MR) is 89.5 cm³/mol. The van der Waals surface area contributed by atoms with Crippen molar-refractivity contribution in [2.45, 2.75) is 6.92 Å². The Bertz CT molecular complexity index is 579. The molecule has 0 fully saturated rings. The molecule has 0 saturated carbocycles. The monoisotopic (exact) mass is 368 g/mol. The molecule has 0 heterocycles. The van der Waals surface area contributed by atoms with Crippen LogP contribution in [0.15, 0.2) is 42.5 Å². The lowest BCUT2D eigenvalue weighted by molar-refractivity contribution is 1.42. The van der Waals surface area contributed by atoms with Crippen LogP contribution in [0.5, 0.6) is 0 Å². The number of nitrogens with one attached hydrogen (secondary N) is 1. The Morgan fingerprint density at radius 3 is 2.44 bits per heavy atom. The molecule has 0 saturated heterocycles. The molecule has 0 aliphatic heterocycles. The molecule has 92 valence electrons. The summed E-state index contributed by atoms with van der Waals surface area (Å²) in [6.45, 7) is 2.09. The maximum absolute atomic E-state index is 5.57. The highest BCUT2D eigenvalue weighted by Crippen LogP contribution is 2.23. The normalized spacial score (nSPS) is 10.1. The molecular formula is C14H13IN2S. The highest BCUT2D eigenvalue weighted by atomic mass is 127. The molecule has 0 unspecified atom stereocenters. The zero-order chi connectivity index (χ0) is 13.1. The summed E-state index contributed by atoms with van der Waals surface area (Å²) in [6.07, 6.45) is 0. The van der Waals surface area contributed by atoms with Crippen molar-refractivity contribution >= 4 is 51.2 Å². The van der Waals surface area contributed by atoms with Gasteiger partial charge in [0, 0.05) is 20.5 Å². The minimum atomic E-state index is 0.423. The third-order valence-corrected chi connectivity index (χ3v) is 3.55. The fraction of sp³-hybridized carbons (Fsp3) is 0.0714. The lowest BCUT2D eigenvalue weighted by atomic mass is 10.1. The Balaban J connectivity index is 2.23. The van der Waals surface area contributed by atoms with E-state index < -0.39 is 0 Å². The zero-order valence-corrected chi connectivity index (χ0v) is 12.9. The van der Waals surface area contributed by atoms with Gasteiger partial charge in [-0.2, -0.15) is 0 Å². The lowest BCUT2D eigenvalue weighted by Gasteiger charge is -2.10. The number of nitrogens with two attached hydrogens (primary N) is 1. The Hall–Kier alpha value is -1.14. The van der Waals surface area contributed by atoms with Crippen molar-refractivity contribution in [2.24, 2.45) is 5.73 Å². The second-order valence-electron chi connectivity index (χ2n) is 4.03. The smallest absolute Gasteiger partial charge is 0.103 e. The van der Waals surface area contributed by atoms with Crippen molar-refractivity contribution in [3.63, 3.8) is 0 Å². The molecule has 2 nitrogen and oxygen atoms in total. The maximum atomic E-state index is 5.57. The van der Waals surface area contributed by atoms with Gasteiger partial charge in [-0.15, -0.1) is 0 Å². The number of hydrogen-bond donors (Lipinski definition) is 2. The Kier molecular flexibility index (Phi) is 4.19. The predicted octanol–water partition coefficient (Wildman–Crippen LogP) is 3.98. The molecule has 0 bridgehead atoms. The zero-order valence-electron chi connectivity index (χ0n) is 9.91. The van der Waals surface area contributed by atoms with E-state index in [-0.39, 0.29) is 0 Å². The molecule has 2 rings (SSSR count). The minimum absolute atomic E-state index is 0.423. The average Bonchev–Trinajstić information content (AvgIpc) is 2.34. The Labute approximate surface area is 126 Å². The molecule has 18 heavy (non-hydrogen) atoms. The number of anilines is 2. The average molecular weight is 368 g/mol. The van der Waals surface area contributed by atoms with Crippen LogP contribution in [0.4, 0.5) is 11.4 Å². The SMILES string of the molecule is Cc1ccc(I)cc1Nc1ccc(C(N)=S)cc1. The van der Waals surface area contributed by atoms with Crippen LogP contribution >= 0.6 is 34.8 Å². The first-order valence-electron chi connectivity index (χ1n) is 5.49. The van der Waals surface area contributed by atoms with Crippen molar-refractivity contribution in [3.8, 4) is 0 Å². The van der Waals surface area contributed by atoms with Gasteiger partial charge in [-0.3, -0.25) is 0 Å². The lowest BCUT2D eigenvalue weighted by Crippen LogP contribution is -2.08. The van der Waals surface area contributed by atoms with Gasteiger partial charge < -0.3 is 11.1 Å². The molecule has 3 N–H and O–H groups in total. The van der Waals surface area contributed by atoms with E-state index in [0.29, 0.717) is 4.99 Å². The summed E-state index contributed by atoms with van der Waals surface area (Å²) in [4.78, 5) is 0.423. The van der Waals surface area contributed by atoms with Gasteiger partial charge in [-0.05, 0) is 71.5 Å². The molecule has 0 radical (unpaired) electrons. The van der Waals surface area contributed by atoms with E-state index >= 15 is 0 Å². The quantitative estimate of drug-likeness (QED) is 0.636. The highest BCUT2D eigenvalue weighted by molar-refractivity contribution is 14.1. The van der Waals surface area contributed by atoms with Gasteiger partial charge in [-0.1, -0.05) is 18.3 Å². The van der Waals surface area contributed by atoms with E-state index in [1.54, 1.807) is 0 Å². The van der Waals surface area contributed by atoms with Crippen molar-refractivity contribution in [2.75, 3.05) is 5.32 Å². The van der Waals surface area contributed by atoms with Crippen LogP contribution in [0, 0.1) is 10.5 Å². The summed E-state index contributed by atoms with van der Waals surface area (Å²) in [6, 6.07) is 14.1. The van der Waals surface area contributed by atoms with Gasteiger partial charge in [0.1, 0.15) is 4.99 Å². The van der Waals surface area contributed by atoms with Crippen molar-refractivity contribution in [1.82, 2.24) is 0 Å². The first-order chi connectivity index (χ1) is 8.56. The van der Waals surface area contributed by atoms with E-state index in [1.165, 1.54) is 9.13 Å². The minimum Gasteiger partial charge on any atom is -0.389 e. The summed E-state index contributed by atoms with van der Waals surface area (Å²) in [5, 5.41) is 3.39. The molecule has 0 aliphatic rings. The second kappa shape index (κ2) is 5.67. The molecular weight excluding hydrogens is 355 g/mol. The summed E-state index contributed by atoms with van der Waals surface area (Å²) in [7, 11) is 0. The Morgan fingerprint density at radius 1 is 1.17 bits per heavy atom. The van der Waals surface area contributed by atoms with E-state index in [9.17, 15) is 0 Å². The van der Waals surface area contributed by atoms with Crippen LogP contribution in [0.2, 0.25) is 0 Å². The number of hydrogen-bond acceptors (Lipinski definition) is 2. The molecule has 2 aromatic rings. The third-order valence-electron chi connectivity index (χ3n) is 2.65. The van der Waals surface area contributed by atoms with Crippen LogP contribution < -0.4 is 11.1 Å². The van der Waals surface area contributed by atoms with Gasteiger partial charge in [0.15, 0.2) is 0 Å². The standard InChI is InChI=1S/C14H13IN2S/c1-9-2-5-11(15)8-13(9)17-12-6-3-10(4-7-12)14(16)18/h2-8,17H,1H3,(H2,16,18). The summed E-state index contributed by atoms with van der Waals surface area (Å²) >= 11 is 7.23. The van der Waals surface area contributed by atoms with Crippen LogP contribution in [0.25, 0.3) is 0 Å². The molecule has 0 atom stereocenters. The van der Waals surface area contributed by atoms with E-state index in [4.69, 9.17) is 18.0 Å². The maximum Gasteiger partial charge on any atom is 0.103 e. The summed E-state index contributed by atoms with van der Waals surface area (Å²) in [5.41, 5.74) is 9.81. The van der Waals surface area contributed by atoms with Gasteiger partial charge in [0.25, 0.3) is 0 Å². The van der Waals surface area contributed by atoms with Crippen LogP contribution in [0.3, 0.4) is 0 Å². The first kappa shape index (κ1) is 13.3. The summed E-state index contributed by atoms with van der Waals surface area (Å²) in [5.74, 6) is 0. The number of benzene rings is 2. The van der Waals surface area contributed by atoms with E-state index in [1.807, 2.05) is 24.3 Å². The van der Waals surface area contributed by atoms with E-state index in [2.05, 4.69) is 53.0 Å². The number of thiocarbonyl (C=S) groups is 1. The van der Waals surface area contributed by atoms with Gasteiger partial charge in [0.2, 0.25) is 0 Å². The van der Waals surface area contributed by atoms with Crippen LogP contribution in [0.1, 0.15) is 11.1 Å². The van der Waals surface area contributed by atoms with Crippen LogP contribution in [-0.2, 0) is 0 Å². The largest absolute Gasteiger partial charge is 0.389 e. The molecule has 2 aromatic carbocycles. The van der Waals surface area contributed by atoms with Crippen molar-refractivity contribution in [1.29, 1.82) is 0 Å². The van der Waals surface area contributed by atoms with Crippen molar-refractivity contribution in [3.05, 3.63) is 57.2 Å². The second-order valence-corrected chi connectivity index (χ2v) is 5.71.